The number of nitrogens with zero attached hydrogens (tertiary/aromatic N) is 1. The van der Waals surface area contributed by atoms with Gasteiger partial charge in [-0.05, 0) is 58.3 Å². The summed E-state index contributed by atoms with van der Waals surface area (Å²) in [5, 5.41) is 0. The molecule has 128 valence electrons. The lowest BCUT2D eigenvalue weighted by Gasteiger charge is -2.21. The molecule has 0 radical (unpaired) electrons. The Bertz CT molecular complexity index is 197. The SMILES string of the molecule is CCCCCCC(N)CCCCCN(CCC)CCCN. The monoisotopic (exact) mass is 299 g/mol. The van der Waals surface area contributed by atoms with Crippen molar-refractivity contribution in [3.05, 3.63) is 0 Å². The maximum absolute atomic E-state index is 6.19. The Hall–Kier alpha value is -0.120. The Morgan fingerprint density at radius 2 is 1.33 bits per heavy atom. The van der Waals surface area contributed by atoms with Gasteiger partial charge in [-0.2, -0.15) is 0 Å². The average molecular weight is 300 g/mol. The van der Waals surface area contributed by atoms with E-state index in [1.54, 1.807) is 0 Å². The predicted molar refractivity (Wildman–Crippen MR) is 95.6 cm³/mol. The zero-order valence-corrected chi connectivity index (χ0v) is 14.8. The third kappa shape index (κ3) is 14.6. The Morgan fingerprint density at radius 1 is 0.714 bits per heavy atom. The van der Waals surface area contributed by atoms with Crippen LogP contribution in [0.4, 0.5) is 0 Å². The number of nitrogens with two attached hydrogens (primary N) is 2. The lowest BCUT2D eigenvalue weighted by atomic mass is 10.0. The van der Waals surface area contributed by atoms with Crippen LogP contribution in [0.1, 0.15) is 84.5 Å². The second-order valence-electron chi connectivity index (χ2n) is 6.44. The van der Waals surface area contributed by atoms with Crippen LogP contribution in [-0.4, -0.2) is 37.1 Å². The molecule has 0 spiro atoms. The van der Waals surface area contributed by atoms with E-state index in [2.05, 4.69) is 18.7 Å². The maximum atomic E-state index is 6.19. The molecular weight excluding hydrogens is 258 g/mol. The first-order chi connectivity index (χ1) is 10.2. The molecule has 0 aliphatic rings. The quantitative estimate of drug-likeness (QED) is 0.425. The third-order valence-corrected chi connectivity index (χ3v) is 4.20. The van der Waals surface area contributed by atoms with E-state index in [0.717, 1.165) is 13.0 Å². The molecule has 1 atom stereocenters. The highest BCUT2D eigenvalue weighted by Gasteiger charge is 2.04. The van der Waals surface area contributed by atoms with Crippen LogP contribution in [0.2, 0.25) is 0 Å². The Kier molecular flexibility index (Phi) is 16.2. The van der Waals surface area contributed by atoms with Crippen LogP contribution in [0.15, 0.2) is 0 Å². The van der Waals surface area contributed by atoms with Crippen molar-refractivity contribution in [1.82, 2.24) is 4.90 Å². The summed E-state index contributed by atoms with van der Waals surface area (Å²) in [5.74, 6) is 0. The topological polar surface area (TPSA) is 55.3 Å². The van der Waals surface area contributed by atoms with Gasteiger partial charge in [0.05, 0.1) is 0 Å². The molecule has 4 N–H and O–H groups in total. The van der Waals surface area contributed by atoms with Crippen LogP contribution in [0.5, 0.6) is 0 Å². The highest BCUT2D eigenvalue weighted by Crippen LogP contribution is 2.10. The third-order valence-electron chi connectivity index (χ3n) is 4.20. The molecule has 0 aromatic rings. The highest BCUT2D eigenvalue weighted by atomic mass is 15.1. The summed E-state index contributed by atoms with van der Waals surface area (Å²) in [6.07, 6.45) is 14.1. The Morgan fingerprint density at radius 3 is 1.90 bits per heavy atom. The molecule has 0 fully saturated rings. The molecule has 3 heteroatoms. The minimum absolute atomic E-state index is 0.436. The summed E-state index contributed by atoms with van der Waals surface area (Å²) in [5.41, 5.74) is 11.8. The van der Waals surface area contributed by atoms with Gasteiger partial charge in [0.15, 0.2) is 0 Å². The molecule has 0 amide bonds. The van der Waals surface area contributed by atoms with Gasteiger partial charge in [-0.25, -0.2) is 0 Å². The van der Waals surface area contributed by atoms with E-state index >= 15 is 0 Å². The molecule has 0 aromatic carbocycles. The minimum Gasteiger partial charge on any atom is -0.330 e. The smallest absolute Gasteiger partial charge is 0.00388 e. The van der Waals surface area contributed by atoms with E-state index in [0.29, 0.717) is 6.04 Å². The summed E-state index contributed by atoms with van der Waals surface area (Å²) >= 11 is 0. The average Bonchev–Trinajstić information content (AvgIpc) is 2.48. The fraction of sp³-hybridized carbons (Fsp3) is 1.00. The van der Waals surface area contributed by atoms with Crippen molar-refractivity contribution in [1.29, 1.82) is 0 Å². The fourth-order valence-electron chi connectivity index (χ4n) is 2.86. The van der Waals surface area contributed by atoms with Crippen molar-refractivity contribution in [3.8, 4) is 0 Å². The standard InChI is InChI=1S/C18H41N3/c1-3-5-6-8-12-18(20)13-9-7-10-16-21(15-4-2)17-11-14-19/h18H,3-17,19-20H2,1-2H3. The van der Waals surface area contributed by atoms with Gasteiger partial charge in [0.1, 0.15) is 0 Å². The van der Waals surface area contributed by atoms with Crippen molar-refractivity contribution in [2.75, 3.05) is 26.2 Å². The molecule has 0 heterocycles. The second-order valence-corrected chi connectivity index (χ2v) is 6.44. The van der Waals surface area contributed by atoms with E-state index < -0.39 is 0 Å². The van der Waals surface area contributed by atoms with Crippen molar-refractivity contribution in [3.63, 3.8) is 0 Å². The highest BCUT2D eigenvalue weighted by molar-refractivity contribution is 4.63. The van der Waals surface area contributed by atoms with Gasteiger partial charge in [0.2, 0.25) is 0 Å². The van der Waals surface area contributed by atoms with Gasteiger partial charge >= 0.3 is 0 Å². The normalized spacial score (nSPS) is 13.0. The molecule has 0 saturated heterocycles. The predicted octanol–water partition coefficient (Wildman–Crippen LogP) is 3.91. The first kappa shape index (κ1) is 20.9. The van der Waals surface area contributed by atoms with E-state index in [1.807, 2.05) is 0 Å². The molecule has 0 aromatic heterocycles. The first-order valence-corrected chi connectivity index (χ1v) is 9.42. The van der Waals surface area contributed by atoms with Gasteiger partial charge in [-0.15, -0.1) is 0 Å². The minimum atomic E-state index is 0.436. The number of hydrogen-bond donors (Lipinski definition) is 2. The molecule has 1 unspecified atom stereocenters. The maximum Gasteiger partial charge on any atom is 0.00388 e. The van der Waals surface area contributed by atoms with E-state index in [-0.39, 0.29) is 0 Å². The summed E-state index contributed by atoms with van der Waals surface area (Å²) in [4.78, 5) is 2.57. The zero-order chi connectivity index (χ0) is 15.8. The molecular formula is C18H41N3. The largest absolute Gasteiger partial charge is 0.330 e. The van der Waals surface area contributed by atoms with Crippen LogP contribution < -0.4 is 11.5 Å². The Balaban J connectivity index is 3.46. The van der Waals surface area contributed by atoms with Crippen molar-refractivity contribution in [2.24, 2.45) is 11.5 Å². The summed E-state index contributed by atoms with van der Waals surface area (Å²) < 4.78 is 0. The lowest BCUT2D eigenvalue weighted by molar-refractivity contribution is 0.265. The van der Waals surface area contributed by atoms with Crippen LogP contribution in [0, 0.1) is 0 Å². The van der Waals surface area contributed by atoms with Gasteiger partial charge in [-0.1, -0.05) is 52.4 Å². The summed E-state index contributed by atoms with van der Waals surface area (Å²) in [6, 6.07) is 0.436. The number of rotatable bonds is 16. The molecule has 0 aliphatic heterocycles. The summed E-state index contributed by atoms with van der Waals surface area (Å²) in [6.45, 7) is 8.95. The fourth-order valence-corrected chi connectivity index (χ4v) is 2.86. The van der Waals surface area contributed by atoms with Gasteiger partial charge in [-0.3, -0.25) is 0 Å². The molecule has 0 bridgehead atoms. The number of unbranched alkanes of at least 4 members (excludes halogenated alkanes) is 5. The van der Waals surface area contributed by atoms with Crippen LogP contribution in [0.3, 0.4) is 0 Å². The second kappa shape index (κ2) is 16.3. The molecule has 0 rings (SSSR count). The van der Waals surface area contributed by atoms with Crippen LogP contribution in [-0.2, 0) is 0 Å². The molecule has 21 heavy (non-hydrogen) atoms. The Labute approximate surface area is 133 Å². The molecule has 3 nitrogen and oxygen atoms in total. The zero-order valence-electron chi connectivity index (χ0n) is 14.8. The first-order valence-electron chi connectivity index (χ1n) is 9.42. The van der Waals surface area contributed by atoms with Gasteiger partial charge in [0, 0.05) is 6.04 Å². The van der Waals surface area contributed by atoms with Gasteiger partial charge < -0.3 is 16.4 Å². The van der Waals surface area contributed by atoms with Crippen molar-refractivity contribution in [2.45, 2.75) is 90.5 Å². The van der Waals surface area contributed by atoms with E-state index in [4.69, 9.17) is 11.5 Å². The van der Waals surface area contributed by atoms with Gasteiger partial charge in [0.25, 0.3) is 0 Å². The van der Waals surface area contributed by atoms with E-state index in [9.17, 15) is 0 Å². The number of hydrogen-bond acceptors (Lipinski definition) is 3. The van der Waals surface area contributed by atoms with Crippen LogP contribution in [0.25, 0.3) is 0 Å². The summed E-state index contributed by atoms with van der Waals surface area (Å²) in [7, 11) is 0. The van der Waals surface area contributed by atoms with E-state index in [1.165, 1.54) is 83.8 Å². The lowest BCUT2D eigenvalue weighted by Crippen LogP contribution is -2.28. The molecule has 0 saturated carbocycles. The molecule has 0 aliphatic carbocycles. The van der Waals surface area contributed by atoms with Crippen molar-refractivity contribution >= 4 is 0 Å². The van der Waals surface area contributed by atoms with Crippen molar-refractivity contribution < 1.29 is 0 Å². The van der Waals surface area contributed by atoms with Crippen LogP contribution >= 0.6 is 0 Å².